The van der Waals surface area contributed by atoms with Gasteiger partial charge in [0, 0.05) is 23.6 Å². The smallest absolute Gasteiger partial charge is 0.237 e. The number of hydrogen-bond donors (Lipinski definition) is 0. The van der Waals surface area contributed by atoms with Crippen LogP contribution in [0.25, 0.3) is 0 Å². The molecule has 0 saturated carbocycles. The van der Waals surface area contributed by atoms with Gasteiger partial charge in [0.05, 0.1) is 5.69 Å². The van der Waals surface area contributed by atoms with Crippen molar-refractivity contribution in [1.29, 1.82) is 0 Å². The van der Waals surface area contributed by atoms with Gasteiger partial charge in [-0.2, -0.15) is 0 Å². The fraction of sp³-hybridized carbons (Fsp3) is 0.333. The number of amides is 1. The summed E-state index contributed by atoms with van der Waals surface area (Å²) in [7, 11) is 1.47. The van der Waals surface area contributed by atoms with E-state index >= 15 is 0 Å². The summed E-state index contributed by atoms with van der Waals surface area (Å²) in [6.45, 7) is -0.0340. The highest BCUT2D eigenvalue weighted by Gasteiger charge is 2.38. The maximum Gasteiger partial charge on any atom is 0.237 e. The largest absolute Gasteiger partial charge is 0.308 e. The number of anilines is 1. The lowest BCUT2D eigenvalue weighted by molar-refractivity contribution is -0.117. The molecule has 1 aliphatic rings. The highest BCUT2D eigenvalue weighted by atomic mass is 35.7. The van der Waals surface area contributed by atoms with Gasteiger partial charge in [-0.3, -0.25) is 4.79 Å². The van der Waals surface area contributed by atoms with Gasteiger partial charge in [-0.1, -0.05) is 23.2 Å². The molecule has 1 amide bonds. The van der Waals surface area contributed by atoms with Crippen LogP contribution in [0.5, 0.6) is 0 Å². The molecule has 0 N–H and O–H groups in total. The van der Waals surface area contributed by atoms with Crippen molar-refractivity contribution in [3.05, 3.63) is 22.4 Å². The molecule has 98 valence electrons. The Balaban J connectivity index is 2.33. The lowest BCUT2D eigenvalue weighted by atomic mass is 10.4. The zero-order valence-electron chi connectivity index (χ0n) is 8.81. The van der Waals surface area contributed by atoms with E-state index in [9.17, 15) is 13.2 Å². The summed E-state index contributed by atoms with van der Waals surface area (Å²) in [6, 6.07) is 2.98. The second kappa shape index (κ2) is 4.85. The van der Waals surface area contributed by atoms with Crippen molar-refractivity contribution in [2.75, 3.05) is 11.4 Å². The summed E-state index contributed by atoms with van der Waals surface area (Å²) >= 11 is 11.5. The van der Waals surface area contributed by atoms with Crippen LogP contribution >= 0.6 is 33.9 Å². The summed E-state index contributed by atoms with van der Waals surface area (Å²) in [5.41, 5.74) is 0.328. The molecule has 0 bridgehead atoms. The van der Waals surface area contributed by atoms with E-state index in [2.05, 4.69) is 4.98 Å². The van der Waals surface area contributed by atoms with Crippen LogP contribution in [-0.2, 0) is 13.8 Å². The molecule has 1 saturated heterocycles. The van der Waals surface area contributed by atoms with Crippen molar-refractivity contribution >= 4 is 54.5 Å². The SMILES string of the molecule is O=C1CC(S(=O)(=O)Cl)CN1c1ccc(Cl)nc1Cl. The van der Waals surface area contributed by atoms with Gasteiger partial charge in [0.2, 0.25) is 15.0 Å². The van der Waals surface area contributed by atoms with Crippen molar-refractivity contribution in [3.8, 4) is 0 Å². The third-order valence-corrected chi connectivity index (χ3v) is 4.93. The van der Waals surface area contributed by atoms with Crippen LogP contribution < -0.4 is 4.90 Å². The van der Waals surface area contributed by atoms with E-state index in [-0.39, 0.29) is 29.2 Å². The highest BCUT2D eigenvalue weighted by Crippen LogP contribution is 2.31. The maximum atomic E-state index is 11.8. The Bertz CT molecular complexity index is 605. The fourth-order valence-electron chi connectivity index (χ4n) is 1.70. The summed E-state index contributed by atoms with van der Waals surface area (Å²) in [6.07, 6.45) is -0.162. The first-order chi connectivity index (χ1) is 8.29. The van der Waals surface area contributed by atoms with Crippen molar-refractivity contribution in [2.24, 2.45) is 0 Å². The van der Waals surface area contributed by atoms with Crippen LogP contribution in [-0.4, -0.2) is 31.1 Å². The Morgan fingerprint density at radius 1 is 1.33 bits per heavy atom. The summed E-state index contributed by atoms with van der Waals surface area (Å²) in [4.78, 5) is 16.8. The van der Waals surface area contributed by atoms with Gasteiger partial charge in [0.25, 0.3) is 0 Å². The quantitative estimate of drug-likeness (QED) is 0.615. The zero-order valence-corrected chi connectivity index (χ0v) is 11.9. The molecule has 5 nitrogen and oxygen atoms in total. The number of nitrogens with zero attached hydrogens (tertiary/aromatic N) is 2. The Labute approximate surface area is 118 Å². The predicted molar refractivity (Wildman–Crippen MR) is 69.8 cm³/mol. The number of aromatic nitrogens is 1. The Morgan fingerprint density at radius 3 is 2.50 bits per heavy atom. The number of hydrogen-bond acceptors (Lipinski definition) is 4. The first kappa shape index (κ1) is 13.9. The first-order valence-corrected chi connectivity index (χ1v) is 7.98. The van der Waals surface area contributed by atoms with Crippen molar-refractivity contribution in [2.45, 2.75) is 11.7 Å². The van der Waals surface area contributed by atoms with Gasteiger partial charge in [0.15, 0.2) is 5.15 Å². The second-order valence-electron chi connectivity index (χ2n) is 3.75. The molecule has 0 aliphatic carbocycles. The molecule has 9 heteroatoms. The molecule has 1 atom stereocenters. The minimum atomic E-state index is -3.78. The molecule has 1 aromatic heterocycles. The molecular formula is C9H7Cl3N2O3S. The number of halogens is 3. The van der Waals surface area contributed by atoms with Gasteiger partial charge in [0.1, 0.15) is 10.4 Å². The van der Waals surface area contributed by atoms with Gasteiger partial charge in [-0.15, -0.1) is 0 Å². The predicted octanol–water partition coefficient (Wildman–Crippen LogP) is 2.06. The van der Waals surface area contributed by atoms with E-state index in [0.717, 1.165) is 0 Å². The minimum absolute atomic E-state index is 0.0340. The molecule has 18 heavy (non-hydrogen) atoms. The summed E-state index contributed by atoms with van der Waals surface area (Å²) in [5.74, 6) is -0.366. The van der Waals surface area contributed by atoms with Gasteiger partial charge < -0.3 is 4.90 Å². The average molecular weight is 330 g/mol. The third kappa shape index (κ3) is 2.71. The monoisotopic (exact) mass is 328 g/mol. The average Bonchev–Trinajstić information content (AvgIpc) is 2.60. The molecule has 1 fully saturated rings. The molecule has 0 spiro atoms. The van der Waals surface area contributed by atoms with Crippen molar-refractivity contribution < 1.29 is 13.2 Å². The molecule has 1 unspecified atom stereocenters. The number of rotatable bonds is 2. The Hall–Kier alpha value is -0.560. The van der Waals surface area contributed by atoms with Gasteiger partial charge in [-0.05, 0) is 12.1 Å². The molecule has 2 rings (SSSR count). The molecule has 1 aromatic rings. The first-order valence-electron chi connectivity index (χ1n) is 4.85. The van der Waals surface area contributed by atoms with E-state index in [4.69, 9.17) is 33.9 Å². The van der Waals surface area contributed by atoms with Gasteiger partial charge >= 0.3 is 0 Å². The molecule has 0 radical (unpaired) electrons. The van der Waals surface area contributed by atoms with Crippen LogP contribution in [0.1, 0.15) is 6.42 Å². The minimum Gasteiger partial charge on any atom is -0.308 e. The van der Waals surface area contributed by atoms with Gasteiger partial charge in [-0.25, -0.2) is 13.4 Å². The van der Waals surface area contributed by atoms with E-state index in [1.165, 1.54) is 17.0 Å². The number of carbonyl (C=O) groups is 1. The zero-order chi connectivity index (χ0) is 13.5. The summed E-state index contributed by atoms with van der Waals surface area (Å²) in [5, 5.41) is -0.696. The lowest BCUT2D eigenvalue weighted by Crippen LogP contribution is -2.27. The van der Waals surface area contributed by atoms with E-state index in [1.807, 2.05) is 0 Å². The van der Waals surface area contributed by atoms with E-state index < -0.39 is 14.3 Å². The maximum absolute atomic E-state index is 11.8. The lowest BCUT2D eigenvalue weighted by Gasteiger charge is -2.16. The molecule has 1 aliphatic heterocycles. The van der Waals surface area contributed by atoms with Crippen molar-refractivity contribution in [3.63, 3.8) is 0 Å². The van der Waals surface area contributed by atoms with Crippen LogP contribution in [0, 0.1) is 0 Å². The van der Waals surface area contributed by atoms with Crippen LogP contribution in [0.3, 0.4) is 0 Å². The Morgan fingerprint density at radius 2 is 2.00 bits per heavy atom. The second-order valence-corrected chi connectivity index (χ2v) is 7.40. The standard InChI is InChI=1S/C9H7Cl3N2O3S/c10-7-2-1-6(9(11)13-7)14-4-5(3-8(14)15)18(12,16)17/h1-2,5H,3-4H2. The topological polar surface area (TPSA) is 67.3 Å². The summed E-state index contributed by atoms with van der Waals surface area (Å²) < 4.78 is 22.4. The van der Waals surface area contributed by atoms with Crippen molar-refractivity contribution in [1.82, 2.24) is 4.98 Å². The normalized spacial score (nSPS) is 20.5. The highest BCUT2D eigenvalue weighted by molar-refractivity contribution is 8.14. The molecule has 0 aromatic carbocycles. The van der Waals surface area contributed by atoms with E-state index in [0.29, 0.717) is 5.69 Å². The molecule has 2 heterocycles. The number of carbonyl (C=O) groups excluding carboxylic acids is 1. The van der Waals surface area contributed by atoms with Crippen LogP contribution in [0.4, 0.5) is 5.69 Å². The van der Waals surface area contributed by atoms with E-state index in [1.54, 1.807) is 0 Å². The third-order valence-electron chi connectivity index (χ3n) is 2.57. The number of pyridine rings is 1. The fourth-order valence-corrected chi connectivity index (χ4v) is 3.18. The Kier molecular flexibility index (Phi) is 3.73. The van der Waals surface area contributed by atoms with Crippen LogP contribution in [0.15, 0.2) is 12.1 Å². The van der Waals surface area contributed by atoms with Crippen LogP contribution in [0.2, 0.25) is 10.3 Å². The molecular weight excluding hydrogens is 323 g/mol.